The van der Waals surface area contributed by atoms with E-state index in [4.69, 9.17) is 9.47 Å². The molecule has 1 aliphatic rings. The zero-order chi connectivity index (χ0) is 26.9. The zero-order valence-electron chi connectivity index (χ0n) is 21.4. The molecule has 204 valence electrons. The maximum atomic E-state index is 12.2. The average Bonchev–Trinajstić information content (AvgIpc) is 2.88. The van der Waals surface area contributed by atoms with Crippen molar-refractivity contribution in [3.05, 3.63) is 29.3 Å². The number of hydrogen-bond acceptors (Lipinski definition) is 8. The van der Waals surface area contributed by atoms with E-state index in [-0.39, 0.29) is 43.9 Å². The van der Waals surface area contributed by atoms with Gasteiger partial charge in [-0.3, -0.25) is 29.3 Å². The minimum atomic E-state index is -0.546. The minimum Gasteiger partial charge on any atom is -0.483 e. The van der Waals surface area contributed by atoms with Crippen LogP contribution in [0, 0.1) is 0 Å². The van der Waals surface area contributed by atoms with Crippen molar-refractivity contribution in [1.82, 2.24) is 21.3 Å². The highest BCUT2D eigenvalue weighted by atomic mass is 16.5. The van der Waals surface area contributed by atoms with E-state index in [1.54, 1.807) is 18.2 Å². The molecule has 0 aromatic heterocycles. The molecule has 0 saturated carbocycles. The fourth-order valence-electron chi connectivity index (χ4n) is 3.92. The van der Waals surface area contributed by atoms with Crippen molar-refractivity contribution < 1.29 is 33.4 Å². The molecule has 1 unspecified atom stereocenters. The summed E-state index contributed by atoms with van der Waals surface area (Å²) in [7, 11) is 1.49. The smallest absolute Gasteiger partial charge is 0.257 e. The molecular weight excluding hydrogens is 480 g/mol. The van der Waals surface area contributed by atoms with Crippen molar-refractivity contribution in [1.29, 1.82) is 0 Å². The van der Waals surface area contributed by atoms with Gasteiger partial charge in [0.15, 0.2) is 12.9 Å². The van der Waals surface area contributed by atoms with Crippen molar-refractivity contribution >= 4 is 29.9 Å². The van der Waals surface area contributed by atoms with Gasteiger partial charge in [-0.25, -0.2) is 0 Å². The quantitative estimate of drug-likeness (QED) is 0.128. The fourth-order valence-corrected chi connectivity index (χ4v) is 3.92. The number of piperidine rings is 1. The summed E-state index contributed by atoms with van der Waals surface area (Å²) in [5.41, 5.74) is 0.948. The molecule has 1 aromatic carbocycles. The Morgan fingerprint density at radius 2 is 1.65 bits per heavy atom. The molecule has 1 saturated heterocycles. The minimum absolute atomic E-state index is 0.0881. The lowest BCUT2D eigenvalue weighted by atomic mass is 10.0. The van der Waals surface area contributed by atoms with E-state index in [1.807, 2.05) is 0 Å². The van der Waals surface area contributed by atoms with Crippen molar-refractivity contribution in [3.8, 4) is 5.75 Å². The van der Waals surface area contributed by atoms with E-state index in [9.17, 15) is 24.0 Å². The Kier molecular flexibility index (Phi) is 13.9. The molecule has 2 rings (SSSR count). The molecular formula is C26H38N4O7. The van der Waals surface area contributed by atoms with Crippen LogP contribution >= 0.6 is 0 Å². The topological polar surface area (TPSA) is 152 Å². The summed E-state index contributed by atoms with van der Waals surface area (Å²) in [6, 6.07) is 4.43. The second kappa shape index (κ2) is 17.2. The summed E-state index contributed by atoms with van der Waals surface area (Å²) < 4.78 is 10.4. The molecule has 37 heavy (non-hydrogen) atoms. The van der Waals surface area contributed by atoms with Crippen molar-refractivity contribution in [2.45, 2.75) is 64.0 Å². The first-order valence-corrected chi connectivity index (χ1v) is 12.7. The van der Waals surface area contributed by atoms with Crippen LogP contribution in [0.1, 0.15) is 67.3 Å². The van der Waals surface area contributed by atoms with Gasteiger partial charge in [-0.15, -0.1) is 0 Å². The predicted molar refractivity (Wildman–Crippen MR) is 136 cm³/mol. The van der Waals surface area contributed by atoms with Crippen molar-refractivity contribution in [3.63, 3.8) is 0 Å². The van der Waals surface area contributed by atoms with Crippen molar-refractivity contribution in [2.24, 2.45) is 0 Å². The number of unbranched alkanes of at least 4 members (excludes halogenated alkanes) is 5. The Hall–Kier alpha value is -3.31. The highest BCUT2D eigenvalue weighted by molar-refractivity contribution is 6.00. The molecule has 11 nitrogen and oxygen atoms in total. The lowest BCUT2D eigenvalue weighted by molar-refractivity contribution is -0.134. The van der Waals surface area contributed by atoms with E-state index >= 15 is 0 Å². The average molecular weight is 519 g/mol. The molecule has 0 aliphatic carbocycles. The van der Waals surface area contributed by atoms with Gasteiger partial charge in [0.25, 0.3) is 5.91 Å². The SMILES string of the molecule is COCC(=O)NCCCCCCCCNC(=O)COc1cccc(C=O)c1CNC1CCC(=O)NC1=O. The number of methoxy groups -OCH3 is 1. The van der Waals surface area contributed by atoms with E-state index in [2.05, 4.69) is 21.3 Å². The second-order valence-corrected chi connectivity index (χ2v) is 8.87. The van der Waals surface area contributed by atoms with E-state index < -0.39 is 11.9 Å². The number of imide groups is 1. The second-order valence-electron chi connectivity index (χ2n) is 8.87. The van der Waals surface area contributed by atoms with Crippen molar-refractivity contribution in [2.75, 3.05) is 33.4 Å². The van der Waals surface area contributed by atoms with Gasteiger partial charge in [0.2, 0.25) is 17.7 Å². The molecule has 0 spiro atoms. The molecule has 0 bridgehead atoms. The molecule has 11 heteroatoms. The molecule has 1 heterocycles. The molecule has 1 atom stereocenters. The molecule has 0 radical (unpaired) electrons. The van der Waals surface area contributed by atoms with Crippen LogP contribution in [0.25, 0.3) is 0 Å². The first kappa shape index (κ1) is 29.9. The standard InChI is InChI=1S/C26H38N4O7/c1-36-17-24(33)27-13-6-4-2-3-5-7-14-28-25(34)18-37-22-10-8-9-19(16-31)20(22)15-29-21-11-12-23(32)30-26(21)35/h8-10,16,21,29H,2-7,11-15,17-18H2,1H3,(H,27,33)(H,28,34)(H,30,32,35). The monoisotopic (exact) mass is 518 g/mol. The lowest BCUT2D eigenvalue weighted by Crippen LogP contribution is -2.50. The Morgan fingerprint density at radius 1 is 1.00 bits per heavy atom. The lowest BCUT2D eigenvalue weighted by Gasteiger charge is -2.23. The first-order valence-electron chi connectivity index (χ1n) is 12.7. The number of carbonyl (C=O) groups excluding carboxylic acids is 5. The van der Waals surface area contributed by atoms with Crippen LogP contribution in [0.4, 0.5) is 0 Å². The summed E-state index contributed by atoms with van der Waals surface area (Å²) in [5.74, 6) is -0.663. The summed E-state index contributed by atoms with van der Waals surface area (Å²) in [4.78, 5) is 58.3. The third-order valence-electron chi connectivity index (χ3n) is 5.94. The normalized spacial score (nSPS) is 15.1. The molecule has 4 amide bonds. The van der Waals surface area contributed by atoms with Gasteiger partial charge in [-0.05, 0) is 25.3 Å². The van der Waals surface area contributed by atoms with Gasteiger partial charge in [0, 0.05) is 44.3 Å². The molecule has 1 aliphatic heterocycles. The van der Waals surface area contributed by atoms with Gasteiger partial charge in [0.05, 0.1) is 6.04 Å². The highest BCUT2D eigenvalue weighted by Gasteiger charge is 2.26. The Bertz CT molecular complexity index is 922. The van der Waals surface area contributed by atoms with Crippen LogP contribution in [0.3, 0.4) is 0 Å². The Morgan fingerprint density at radius 3 is 2.27 bits per heavy atom. The third-order valence-corrected chi connectivity index (χ3v) is 5.94. The maximum absolute atomic E-state index is 12.2. The Balaban J connectivity index is 1.64. The number of rotatable bonds is 18. The number of amides is 4. The van der Waals surface area contributed by atoms with Gasteiger partial charge >= 0.3 is 0 Å². The van der Waals surface area contributed by atoms with Gasteiger partial charge in [-0.2, -0.15) is 0 Å². The van der Waals surface area contributed by atoms with Crippen LogP contribution in [0.2, 0.25) is 0 Å². The summed E-state index contributed by atoms with van der Waals surface area (Å²) in [6.07, 6.45) is 7.27. The number of carbonyl (C=O) groups is 5. The summed E-state index contributed by atoms with van der Waals surface area (Å²) in [6.45, 7) is 1.28. The van der Waals surface area contributed by atoms with Crippen LogP contribution in [0.15, 0.2) is 18.2 Å². The highest BCUT2D eigenvalue weighted by Crippen LogP contribution is 2.22. The number of nitrogens with one attached hydrogen (secondary N) is 4. The molecule has 1 aromatic rings. The van der Waals surface area contributed by atoms with Crippen LogP contribution in [-0.4, -0.2) is 69.4 Å². The maximum Gasteiger partial charge on any atom is 0.257 e. The van der Waals surface area contributed by atoms with E-state index in [1.165, 1.54) is 7.11 Å². The summed E-state index contributed by atoms with van der Waals surface area (Å²) >= 11 is 0. The van der Waals surface area contributed by atoms with Gasteiger partial charge < -0.3 is 25.4 Å². The fraction of sp³-hybridized carbons (Fsp3) is 0.577. The van der Waals surface area contributed by atoms with Crippen LogP contribution < -0.4 is 26.0 Å². The number of ether oxygens (including phenoxy) is 2. The zero-order valence-corrected chi connectivity index (χ0v) is 21.4. The predicted octanol–water partition coefficient (Wildman–Crippen LogP) is 0.992. The van der Waals surface area contributed by atoms with E-state index in [0.29, 0.717) is 42.7 Å². The van der Waals surface area contributed by atoms with Gasteiger partial charge in [0.1, 0.15) is 12.4 Å². The van der Waals surface area contributed by atoms with Gasteiger partial charge in [-0.1, -0.05) is 37.8 Å². The first-order chi connectivity index (χ1) is 17.9. The number of benzene rings is 1. The van der Waals surface area contributed by atoms with Crippen LogP contribution in [-0.2, 0) is 30.5 Å². The van der Waals surface area contributed by atoms with E-state index in [0.717, 1.165) is 38.5 Å². The summed E-state index contributed by atoms with van der Waals surface area (Å²) in [5, 5.41) is 11.0. The van der Waals surface area contributed by atoms with Crippen LogP contribution in [0.5, 0.6) is 5.75 Å². The largest absolute Gasteiger partial charge is 0.483 e. The number of hydrogen-bond donors (Lipinski definition) is 4. The molecule has 4 N–H and O–H groups in total. The number of aldehydes is 1. The Labute approximate surface area is 217 Å². The molecule has 1 fully saturated rings. The third kappa shape index (κ3) is 11.5.